The molecule has 0 amide bonds. The van der Waals surface area contributed by atoms with E-state index in [4.69, 9.17) is 5.26 Å². The molecule has 3 aromatic heterocycles. The van der Waals surface area contributed by atoms with Crippen LogP contribution in [0.3, 0.4) is 0 Å². The van der Waals surface area contributed by atoms with Gasteiger partial charge in [-0.3, -0.25) is 4.79 Å². The molecule has 25 heavy (non-hydrogen) atoms. The second-order valence-corrected chi connectivity index (χ2v) is 6.99. The monoisotopic (exact) mass is 362 g/mol. The Kier molecular flexibility index (Phi) is 3.98. The number of aromatic nitrogens is 2. The molecule has 4 rings (SSSR count). The largest absolute Gasteiger partial charge is 0.283 e. The summed E-state index contributed by atoms with van der Waals surface area (Å²) >= 11 is 3.04. The van der Waals surface area contributed by atoms with E-state index in [2.05, 4.69) is 16.2 Å². The lowest BCUT2D eigenvalue weighted by Gasteiger charge is -1.99. The fourth-order valence-electron chi connectivity index (χ4n) is 2.39. The number of hydrogen-bond acceptors (Lipinski definition) is 6. The van der Waals surface area contributed by atoms with Crippen molar-refractivity contribution in [1.82, 2.24) is 9.66 Å². The van der Waals surface area contributed by atoms with Gasteiger partial charge < -0.3 is 0 Å². The summed E-state index contributed by atoms with van der Waals surface area (Å²) in [5.74, 6) is 0. The van der Waals surface area contributed by atoms with Gasteiger partial charge in [-0.15, -0.1) is 22.7 Å². The molecule has 0 radical (unpaired) electrons. The van der Waals surface area contributed by atoms with Gasteiger partial charge >= 0.3 is 0 Å². The summed E-state index contributed by atoms with van der Waals surface area (Å²) in [7, 11) is 0. The van der Waals surface area contributed by atoms with Crippen molar-refractivity contribution < 1.29 is 0 Å². The summed E-state index contributed by atoms with van der Waals surface area (Å²) in [6.07, 6.45) is 3.01. The van der Waals surface area contributed by atoms with Gasteiger partial charge in [0.05, 0.1) is 23.2 Å². The molecular formula is C18H10N4OS2. The van der Waals surface area contributed by atoms with Crippen LogP contribution in [0.5, 0.6) is 0 Å². The first-order valence-electron chi connectivity index (χ1n) is 7.33. The van der Waals surface area contributed by atoms with E-state index in [-0.39, 0.29) is 5.56 Å². The van der Waals surface area contributed by atoms with Gasteiger partial charge in [0.25, 0.3) is 5.56 Å². The van der Waals surface area contributed by atoms with Crippen molar-refractivity contribution in [3.8, 4) is 16.5 Å². The van der Waals surface area contributed by atoms with Crippen LogP contribution in [0.1, 0.15) is 11.1 Å². The molecule has 0 aliphatic rings. The predicted octanol–water partition coefficient (Wildman–Crippen LogP) is 3.94. The van der Waals surface area contributed by atoms with Gasteiger partial charge in [-0.2, -0.15) is 15.0 Å². The van der Waals surface area contributed by atoms with Crippen LogP contribution in [0.2, 0.25) is 0 Å². The SMILES string of the molecule is N#Cc1ccc(/C=N\n2cnc3scc(-c4cccs4)c3c2=O)cc1. The fourth-order valence-corrected chi connectivity index (χ4v) is 4.11. The first-order valence-corrected chi connectivity index (χ1v) is 9.09. The minimum absolute atomic E-state index is 0.195. The Bertz CT molecular complexity index is 1160. The molecule has 0 fully saturated rings. The molecule has 0 bridgehead atoms. The van der Waals surface area contributed by atoms with Gasteiger partial charge in [0.2, 0.25) is 0 Å². The number of thiophene rings is 2. The lowest BCUT2D eigenvalue weighted by molar-refractivity contribution is 0.819. The van der Waals surface area contributed by atoms with Gasteiger partial charge in [-0.1, -0.05) is 18.2 Å². The molecule has 4 aromatic rings. The molecule has 0 aliphatic carbocycles. The van der Waals surface area contributed by atoms with Gasteiger partial charge in [0.15, 0.2) is 0 Å². The number of benzene rings is 1. The number of rotatable bonds is 3. The second kappa shape index (κ2) is 6.43. The van der Waals surface area contributed by atoms with Crippen LogP contribution in [0.4, 0.5) is 0 Å². The summed E-state index contributed by atoms with van der Waals surface area (Å²) in [4.78, 5) is 18.9. The molecule has 0 spiro atoms. The lowest BCUT2D eigenvalue weighted by Crippen LogP contribution is -2.16. The van der Waals surface area contributed by atoms with E-state index in [0.29, 0.717) is 15.8 Å². The van der Waals surface area contributed by atoms with E-state index in [9.17, 15) is 4.79 Å². The highest BCUT2D eigenvalue weighted by Gasteiger charge is 2.13. The standard InChI is InChI=1S/C18H10N4OS2/c19-8-12-3-5-13(6-4-12)9-21-22-11-20-17-16(18(22)23)14(10-25-17)15-2-1-7-24-15/h1-7,9-11H/b21-9-. The van der Waals surface area contributed by atoms with Crippen molar-refractivity contribution in [3.63, 3.8) is 0 Å². The minimum Gasteiger partial charge on any atom is -0.267 e. The summed E-state index contributed by atoms with van der Waals surface area (Å²) in [6.45, 7) is 0. The molecule has 0 saturated heterocycles. The van der Waals surface area contributed by atoms with E-state index in [0.717, 1.165) is 16.0 Å². The minimum atomic E-state index is -0.195. The van der Waals surface area contributed by atoms with E-state index >= 15 is 0 Å². The van der Waals surface area contributed by atoms with Crippen molar-refractivity contribution >= 4 is 39.1 Å². The molecule has 0 atom stereocenters. The number of fused-ring (bicyclic) bond motifs is 1. The fraction of sp³-hybridized carbons (Fsp3) is 0. The highest BCUT2D eigenvalue weighted by Crippen LogP contribution is 2.33. The van der Waals surface area contributed by atoms with Gasteiger partial charge in [-0.05, 0) is 29.1 Å². The Hall–Kier alpha value is -3.08. The molecule has 7 heteroatoms. The number of nitriles is 1. The van der Waals surface area contributed by atoms with Crippen molar-refractivity contribution in [2.24, 2.45) is 5.10 Å². The average molecular weight is 362 g/mol. The van der Waals surface area contributed by atoms with Crippen LogP contribution >= 0.6 is 22.7 Å². The van der Waals surface area contributed by atoms with Crippen molar-refractivity contribution in [2.45, 2.75) is 0 Å². The topological polar surface area (TPSA) is 71.0 Å². The predicted molar refractivity (Wildman–Crippen MR) is 101 cm³/mol. The lowest BCUT2D eigenvalue weighted by atomic mass is 10.2. The number of hydrogen-bond donors (Lipinski definition) is 0. The van der Waals surface area contributed by atoms with Crippen LogP contribution in [0.15, 0.2) is 63.4 Å². The van der Waals surface area contributed by atoms with Gasteiger partial charge in [0, 0.05) is 15.8 Å². The molecule has 0 aliphatic heterocycles. The maximum Gasteiger partial charge on any atom is 0.283 e. The average Bonchev–Trinajstić information content (AvgIpc) is 3.31. The Morgan fingerprint density at radius 3 is 2.76 bits per heavy atom. The Morgan fingerprint density at radius 1 is 1.20 bits per heavy atom. The van der Waals surface area contributed by atoms with E-state index in [1.165, 1.54) is 22.3 Å². The third-order valence-corrected chi connectivity index (χ3v) is 5.43. The summed E-state index contributed by atoms with van der Waals surface area (Å²) in [5, 5.41) is 17.6. The molecule has 0 saturated carbocycles. The smallest absolute Gasteiger partial charge is 0.267 e. The summed E-state index contributed by atoms with van der Waals surface area (Å²) < 4.78 is 1.24. The first-order chi connectivity index (χ1) is 12.3. The van der Waals surface area contributed by atoms with Crippen LogP contribution in [0.25, 0.3) is 20.7 Å². The van der Waals surface area contributed by atoms with E-state index in [1.807, 2.05) is 22.9 Å². The molecule has 5 nitrogen and oxygen atoms in total. The zero-order valence-corrected chi connectivity index (χ0v) is 14.4. The highest BCUT2D eigenvalue weighted by atomic mass is 32.1. The Morgan fingerprint density at radius 2 is 2.04 bits per heavy atom. The Balaban J connectivity index is 1.76. The van der Waals surface area contributed by atoms with Crippen molar-refractivity contribution in [1.29, 1.82) is 5.26 Å². The molecule has 1 aromatic carbocycles. The molecule has 0 N–H and O–H groups in total. The van der Waals surface area contributed by atoms with E-state index < -0.39 is 0 Å². The normalized spacial score (nSPS) is 11.2. The van der Waals surface area contributed by atoms with Crippen LogP contribution in [-0.2, 0) is 0 Å². The summed E-state index contributed by atoms with van der Waals surface area (Å²) in [5.41, 5.74) is 2.08. The summed E-state index contributed by atoms with van der Waals surface area (Å²) in [6, 6.07) is 13.0. The Labute approximate surface area is 150 Å². The van der Waals surface area contributed by atoms with Gasteiger partial charge in [-0.25, -0.2) is 4.98 Å². The highest BCUT2D eigenvalue weighted by molar-refractivity contribution is 7.18. The number of nitrogens with zero attached hydrogens (tertiary/aromatic N) is 4. The van der Waals surface area contributed by atoms with Crippen molar-refractivity contribution in [2.75, 3.05) is 0 Å². The van der Waals surface area contributed by atoms with E-state index in [1.54, 1.807) is 41.8 Å². The molecule has 3 heterocycles. The molecule has 0 unspecified atom stereocenters. The van der Waals surface area contributed by atoms with Crippen molar-refractivity contribution in [3.05, 3.63) is 75.0 Å². The first kappa shape index (κ1) is 15.4. The third-order valence-electron chi connectivity index (χ3n) is 3.64. The van der Waals surface area contributed by atoms with Crippen LogP contribution < -0.4 is 5.56 Å². The molecule has 120 valence electrons. The van der Waals surface area contributed by atoms with Gasteiger partial charge in [0.1, 0.15) is 11.2 Å². The van der Waals surface area contributed by atoms with Crippen LogP contribution in [-0.4, -0.2) is 15.9 Å². The second-order valence-electron chi connectivity index (χ2n) is 5.18. The quantitative estimate of drug-likeness (QED) is 0.518. The third kappa shape index (κ3) is 2.89. The zero-order chi connectivity index (χ0) is 17.2. The zero-order valence-electron chi connectivity index (χ0n) is 12.8. The van der Waals surface area contributed by atoms with Crippen LogP contribution in [0, 0.1) is 11.3 Å². The maximum atomic E-state index is 12.8. The maximum absolute atomic E-state index is 12.8. The molecular weight excluding hydrogens is 352 g/mol.